The number of sulfonamides is 1. The largest absolute Gasteiger partial charge is 0.466 e. The van der Waals surface area contributed by atoms with Crippen molar-refractivity contribution >= 4 is 10.0 Å². The molecule has 1 heterocycles. The molecule has 2 N–H and O–H groups in total. The Balaban J connectivity index is 2.73. The lowest BCUT2D eigenvalue weighted by atomic mass is 9.97. The molecule has 1 aromatic heterocycles. The SMILES string of the molecule is Cc1cc(C(C)(O)CNS(=O)(=O)CCCF)c(C)o1. The van der Waals surface area contributed by atoms with Gasteiger partial charge in [0.25, 0.3) is 0 Å². The third-order valence-corrected chi connectivity index (χ3v) is 4.21. The van der Waals surface area contributed by atoms with Gasteiger partial charge in [0, 0.05) is 12.1 Å². The summed E-state index contributed by atoms with van der Waals surface area (Å²) < 4.78 is 42.6. The number of hydrogen-bond donors (Lipinski definition) is 2. The van der Waals surface area contributed by atoms with Crippen LogP contribution in [0, 0.1) is 13.8 Å². The highest BCUT2D eigenvalue weighted by atomic mass is 32.2. The maximum Gasteiger partial charge on any atom is 0.211 e. The van der Waals surface area contributed by atoms with E-state index in [2.05, 4.69) is 4.72 Å². The predicted molar refractivity (Wildman–Crippen MR) is 70.1 cm³/mol. The number of aliphatic hydroxyl groups is 1. The van der Waals surface area contributed by atoms with Crippen LogP contribution in [-0.2, 0) is 15.6 Å². The van der Waals surface area contributed by atoms with Crippen molar-refractivity contribution in [3.8, 4) is 0 Å². The molecule has 0 aromatic carbocycles. The van der Waals surface area contributed by atoms with Crippen LogP contribution < -0.4 is 4.72 Å². The lowest BCUT2D eigenvalue weighted by Crippen LogP contribution is -2.39. The predicted octanol–water partition coefficient (Wildman–Crippen LogP) is 1.38. The summed E-state index contributed by atoms with van der Waals surface area (Å²) in [6.07, 6.45) is -0.0542. The van der Waals surface area contributed by atoms with Crippen molar-refractivity contribution in [2.24, 2.45) is 0 Å². The van der Waals surface area contributed by atoms with Gasteiger partial charge in [-0.2, -0.15) is 0 Å². The molecule has 19 heavy (non-hydrogen) atoms. The van der Waals surface area contributed by atoms with Crippen molar-refractivity contribution in [3.63, 3.8) is 0 Å². The van der Waals surface area contributed by atoms with Gasteiger partial charge in [-0.3, -0.25) is 4.39 Å². The molecule has 0 saturated carbocycles. The summed E-state index contributed by atoms with van der Waals surface area (Å²) in [6.45, 7) is 4.09. The minimum atomic E-state index is -3.57. The van der Waals surface area contributed by atoms with Gasteiger partial charge in [0.05, 0.1) is 12.4 Å². The van der Waals surface area contributed by atoms with Crippen molar-refractivity contribution in [1.82, 2.24) is 4.72 Å². The Morgan fingerprint density at radius 1 is 1.47 bits per heavy atom. The third-order valence-electron chi connectivity index (χ3n) is 2.80. The number of aryl methyl sites for hydroxylation is 2. The molecular formula is C12H20FNO4S. The van der Waals surface area contributed by atoms with E-state index in [1.807, 2.05) is 0 Å². The van der Waals surface area contributed by atoms with Crippen molar-refractivity contribution < 1.29 is 22.3 Å². The number of alkyl halides is 1. The van der Waals surface area contributed by atoms with Crippen molar-refractivity contribution in [3.05, 3.63) is 23.2 Å². The molecule has 0 spiro atoms. The molecule has 0 aliphatic heterocycles. The van der Waals surface area contributed by atoms with E-state index in [1.165, 1.54) is 6.92 Å². The third kappa shape index (κ3) is 4.59. The van der Waals surface area contributed by atoms with Crippen LogP contribution >= 0.6 is 0 Å². The number of hydrogen-bond acceptors (Lipinski definition) is 4. The van der Waals surface area contributed by atoms with Gasteiger partial charge in [-0.25, -0.2) is 13.1 Å². The molecule has 1 unspecified atom stereocenters. The summed E-state index contributed by atoms with van der Waals surface area (Å²) in [7, 11) is -3.57. The maximum atomic E-state index is 12.0. The van der Waals surface area contributed by atoms with E-state index in [1.54, 1.807) is 19.9 Å². The summed E-state index contributed by atoms with van der Waals surface area (Å²) in [5, 5.41) is 10.3. The van der Waals surface area contributed by atoms with Crippen molar-refractivity contribution in [2.75, 3.05) is 19.0 Å². The number of furan rings is 1. The van der Waals surface area contributed by atoms with Crippen LogP contribution in [0.1, 0.15) is 30.4 Å². The van der Waals surface area contributed by atoms with E-state index in [4.69, 9.17) is 4.42 Å². The molecule has 1 atom stereocenters. The summed E-state index contributed by atoms with van der Waals surface area (Å²) in [4.78, 5) is 0. The second-order valence-electron chi connectivity index (χ2n) is 4.78. The van der Waals surface area contributed by atoms with Gasteiger partial charge in [0.2, 0.25) is 10.0 Å². The summed E-state index contributed by atoms with van der Waals surface area (Å²) in [6, 6.07) is 1.67. The average molecular weight is 293 g/mol. The monoisotopic (exact) mass is 293 g/mol. The number of halogens is 1. The Morgan fingerprint density at radius 2 is 2.11 bits per heavy atom. The zero-order chi connectivity index (χ0) is 14.7. The number of nitrogens with one attached hydrogen (secondary N) is 1. The van der Waals surface area contributed by atoms with Crippen LogP contribution in [0.4, 0.5) is 4.39 Å². The van der Waals surface area contributed by atoms with E-state index >= 15 is 0 Å². The van der Waals surface area contributed by atoms with Crippen LogP contribution in [0.2, 0.25) is 0 Å². The lowest BCUT2D eigenvalue weighted by molar-refractivity contribution is 0.0612. The molecule has 0 bridgehead atoms. The quantitative estimate of drug-likeness (QED) is 0.796. The van der Waals surface area contributed by atoms with Gasteiger partial charge in [0.15, 0.2) is 0 Å². The van der Waals surface area contributed by atoms with Gasteiger partial charge in [-0.15, -0.1) is 0 Å². The first kappa shape index (κ1) is 16.1. The first-order valence-electron chi connectivity index (χ1n) is 6.01. The fourth-order valence-corrected chi connectivity index (χ4v) is 2.96. The van der Waals surface area contributed by atoms with Crippen LogP contribution in [-0.4, -0.2) is 32.5 Å². The molecule has 1 rings (SSSR count). The molecule has 110 valence electrons. The lowest BCUT2D eigenvalue weighted by Gasteiger charge is -2.23. The molecule has 0 aliphatic rings. The highest BCUT2D eigenvalue weighted by Crippen LogP contribution is 2.26. The van der Waals surface area contributed by atoms with E-state index < -0.39 is 22.3 Å². The Bertz CT molecular complexity index is 522. The summed E-state index contributed by atoms with van der Waals surface area (Å²) >= 11 is 0. The molecular weight excluding hydrogens is 273 g/mol. The van der Waals surface area contributed by atoms with Crippen LogP contribution in [0.15, 0.2) is 10.5 Å². The summed E-state index contributed by atoms with van der Waals surface area (Å²) in [5.41, 5.74) is -0.830. The van der Waals surface area contributed by atoms with Crippen LogP contribution in [0.25, 0.3) is 0 Å². The van der Waals surface area contributed by atoms with Crippen LogP contribution in [0.3, 0.4) is 0 Å². The Hall–Kier alpha value is -0.920. The smallest absolute Gasteiger partial charge is 0.211 e. The van der Waals surface area contributed by atoms with E-state index in [9.17, 15) is 17.9 Å². The molecule has 0 amide bonds. The minimum Gasteiger partial charge on any atom is -0.466 e. The highest BCUT2D eigenvalue weighted by molar-refractivity contribution is 7.89. The molecule has 0 radical (unpaired) electrons. The average Bonchev–Trinajstić information content (AvgIpc) is 2.65. The fourth-order valence-electron chi connectivity index (χ4n) is 1.83. The van der Waals surface area contributed by atoms with Crippen LogP contribution in [0.5, 0.6) is 0 Å². The van der Waals surface area contributed by atoms with Gasteiger partial charge >= 0.3 is 0 Å². The van der Waals surface area contributed by atoms with E-state index in [0.717, 1.165) is 0 Å². The molecule has 5 nitrogen and oxygen atoms in total. The zero-order valence-electron chi connectivity index (χ0n) is 11.4. The van der Waals surface area contributed by atoms with Crippen molar-refractivity contribution in [1.29, 1.82) is 0 Å². The van der Waals surface area contributed by atoms with E-state index in [-0.39, 0.29) is 18.7 Å². The zero-order valence-corrected chi connectivity index (χ0v) is 12.2. The first-order chi connectivity index (χ1) is 8.68. The van der Waals surface area contributed by atoms with E-state index in [0.29, 0.717) is 17.1 Å². The standard InChI is InChI=1S/C12H20FNO4S/c1-9-7-11(10(2)18-9)12(3,15)8-14-19(16,17)6-4-5-13/h7,14-15H,4-6,8H2,1-3H3. The van der Waals surface area contributed by atoms with Gasteiger partial charge in [0.1, 0.15) is 17.1 Å². The van der Waals surface area contributed by atoms with Gasteiger partial charge in [-0.05, 0) is 33.3 Å². The van der Waals surface area contributed by atoms with Gasteiger partial charge in [-0.1, -0.05) is 0 Å². The molecule has 7 heteroatoms. The fraction of sp³-hybridized carbons (Fsp3) is 0.667. The maximum absolute atomic E-state index is 12.0. The Labute approximate surface area is 112 Å². The first-order valence-corrected chi connectivity index (χ1v) is 7.66. The Morgan fingerprint density at radius 3 is 2.58 bits per heavy atom. The molecule has 0 saturated heterocycles. The molecule has 0 aliphatic carbocycles. The topological polar surface area (TPSA) is 79.5 Å². The number of rotatable bonds is 7. The second-order valence-corrected chi connectivity index (χ2v) is 6.71. The Kier molecular flexibility index (Phi) is 5.11. The second kappa shape index (κ2) is 6.02. The molecule has 1 aromatic rings. The van der Waals surface area contributed by atoms with Gasteiger partial charge < -0.3 is 9.52 Å². The highest BCUT2D eigenvalue weighted by Gasteiger charge is 2.29. The summed E-state index contributed by atoms with van der Waals surface area (Å²) in [5.74, 6) is 0.904. The van der Waals surface area contributed by atoms with Crippen molar-refractivity contribution in [2.45, 2.75) is 32.8 Å². The molecule has 0 fully saturated rings. The minimum absolute atomic E-state index is 0.0542. The normalized spacial score (nSPS) is 15.4.